The fourth-order valence-electron chi connectivity index (χ4n) is 1.13. The van der Waals surface area contributed by atoms with Crippen molar-refractivity contribution in [2.45, 2.75) is 6.92 Å². The highest BCUT2D eigenvalue weighted by Gasteiger charge is 2.05. The summed E-state index contributed by atoms with van der Waals surface area (Å²) in [6, 6.07) is 6.44. The Kier molecular flexibility index (Phi) is 5.29. The smallest absolute Gasteiger partial charge is 0.321 e. The second-order valence-corrected chi connectivity index (χ2v) is 3.70. The third-order valence-electron chi connectivity index (χ3n) is 1.89. The number of hydrogen-bond donors (Lipinski definition) is 3. The van der Waals surface area contributed by atoms with Crippen molar-refractivity contribution >= 4 is 29.2 Å². The molecule has 1 aromatic carbocycles. The van der Waals surface area contributed by atoms with Crippen LogP contribution in [0.25, 0.3) is 0 Å². The summed E-state index contributed by atoms with van der Waals surface area (Å²) in [6.07, 6.45) is 0. The maximum Gasteiger partial charge on any atom is 0.321 e. The molecule has 0 saturated carbocycles. The molecule has 0 aliphatic rings. The average molecular weight is 256 g/mol. The minimum absolute atomic E-state index is 0.0266. The van der Waals surface area contributed by atoms with Crippen molar-refractivity contribution in [2.75, 3.05) is 18.4 Å². The Hall–Kier alpha value is -1.75. The van der Waals surface area contributed by atoms with E-state index in [2.05, 4.69) is 16.0 Å². The fourth-order valence-corrected chi connectivity index (χ4v) is 1.25. The molecule has 0 radical (unpaired) electrons. The summed E-state index contributed by atoms with van der Waals surface area (Å²) in [5, 5.41) is 8.15. The van der Waals surface area contributed by atoms with Crippen molar-refractivity contribution in [1.29, 1.82) is 0 Å². The number of nitrogens with one attached hydrogen (secondary N) is 3. The Balaban J connectivity index is 2.33. The first-order valence-electron chi connectivity index (χ1n) is 5.19. The van der Waals surface area contributed by atoms with Gasteiger partial charge in [0.05, 0.1) is 6.54 Å². The van der Waals surface area contributed by atoms with Crippen LogP contribution in [0.4, 0.5) is 10.5 Å². The maximum absolute atomic E-state index is 11.3. The first-order chi connectivity index (χ1) is 8.11. The Morgan fingerprint density at radius 3 is 2.47 bits per heavy atom. The molecule has 0 bridgehead atoms. The number of hydrogen-bond acceptors (Lipinski definition) is 3. The number of imide groups is 1. The van der Waals surface area contributed by atoms with Gasteiger partial charge >= 0.3 is 6.03 Å². The van der Waals surface area contributed by atoms with Gasteiger partial charge in [-0.25, -0.2) is 4.79 Å². The van der Waals surface area contributed by atoms with E-state index in [4.69, 9.17) is 11.6 Å². The van der Waals surface area contributed by atoms with E-state index in [-0.39, 0.29) is 6.54 Å². The van der Waals surface area contributed by atoms with Crippen LogP contribution < -0.4 is 16.0 Å². The van der Waals surface area contributed by atoms with E-state index in [1.807, 2.05) is 0 Å². The SMILES string of the molecule is CCNC(=O)NC(=O)CNc1ccc(Cl)cc1. The summed E-state index contributed by atoms with van der Waals surface area (Å²) < 4.78 is 0. The van der Waals surface area contributed by atoms with Crippen molar-refractivity contribution in [2.24, 2.45) is 0 Å². The third kappa shape index (κ3) is 5.21. The van der Waals surface area contributed by atoms with E-state index >= 15 is 0 Å². The van der Waals surface area contributed by atoms with E-state index < -0.39 is 11.9 Å². The summed E-state index contributed by atoms with van der Waals surface area (Å²) in [7, 11) is 0. The predicted molar refractivity (Wildman–Crippen MR) is 67.2 cm³/mol. The van der Waals surface area contributed by atoms with Gasteiger partial charge in [-0.15, -0.1) is 0 Å². The minimum Gasteiger partial charge on any atom is -0.376 e. The molecule has 0 heterocycles. The molecule has 1 rings (SSSR count). The van der Waals surface area contributed by atoms with Crippen LogP contribution in [-0.4, -0.2) is 25.0 Å². The van der Waals surface area contributed by atoms with Crippen LogP contribution in [0.2, 0.25) is 5.02 Å². The molecule has 0 aliphatic carbocycles. The largest absolute Gasteiger partial charge is 0.376 e. The summed E-state index contributed by atoms with van der Waals surface area (Å²) in [5.41, 5.74) is 0.764. The summed E-state index contributed by atoms with van der Waals surface area (Å²) >= 11 is 5.72. The van der Waals surface area contributed by atoms with Crippen molar-refractivity contribution in [3.8, 4) is 0 Å². The molecular formula is C11H14ClN3O2. The lowest BCUT2D eigenvalue weighted by Crippen LogP contribution is -2.41. The van der Waals surface area contributed by atoms with E-state index in [1.165, 1.54) is 0 Å². The third-order valence-corrected chi connectivity index (χ3v) is 2.14. The molecule has 3 amide bonds. The molecule has 6 heteroatoms. The lowest BCUT2D eigenvalue weighted by atomic mass is 10.3. The fraction of sp³-hybridized carbons (Fsp3) is 0.273. The Morgan fingerprint density at radius 2 is 1.88 bits per heavy atom. The summed E-state index contributed by atoms with van der Waals surface area (Å²) in [6.45, 7) is 2.28. The molecule has 17 heavy (non-hydrogen) atoms. The molecule has 0 aliphatic heterocycles. The Bertz CT molecular complexity index is 392. The molecule has 0 aromatic heterocycles. The number of anilines is 1. The molecule has 0 spiro atoms. The zero-order chi connectivity index (χ0) is 12.7. The van der Waals surface area contributed by atoms with Crippen LogP contribution in [0, 0.1) is 0 Å². The molecule has 3 N–H and O–H groups in total. The van der Waals surface area contributed by atoms with Gasteiger partial charge in [0.15, 0.2) is 0 Å². The number of carbonyl (C=O) groups is 2. The lowest BCUT2D eigenvalue weighted by Gasteiger charge is -2.07. The highest BCUT2D eigenvalue weighted by atomic mass is 35.5. The molecule has 0 saturated heterocycles. The summed E-state index contributed by atoms with van der Waals surface area (Å²) in [4.78, 5) is 22.3. The van der Waals surface area contributed by atoms with E-state index in [0.29, 0.717) is 11.6 Å². The van der Waals surface area contributed by atoms with Crippen LogP contribution in [-0.2, 0) is 4.79 Å². The zero-order valence-corrected chi connectivity index (χ0v) is 10.2. The topological polar surface area (TPSA) is 70.2 Å². The van der Waals surface area contributed by atoms with Gasteiger partial charge < -0.3 is 10.6 Å². The first-order valence-corrected chi connectivity index (χ1v) is 5.56. The number of benzene rings is 1. The van der Waals surface area contributed by atoms with Crippen molar-refractivity contribution in [3.63, 3.8) is 0 Å². The van der Waals surface area contributed by atoms with Crippen LogP contribution in [0.3, 0.4) is 0 Å². The van der Waals surface area contributed by atoms with Crippen molar-refractivity contribution < 1.29 is 9.59 Å². The van der Waals surface area contributed by atoms with Gasteiger partial charge in [-0.1, -0.05) is 11.6 Å². The number of carbonyl (C=O) groups excluding carboxylic acids is 2. The van der Waals surface area contributed by atoms with Gasteiger partial charge in [-0.05, 0) is 31.2 Å². The van der Waals surface area contributed by atoms with Gasteiger partial charge in [0.25, 0.3) is 0 Å². The lowest BCUT2D eigenvalue weighted by molar-refractivity contribution is -0.118. The average Bonchev–Trinajstić information content (AvgIpc) is 2.28. The molecule has 1 aromatic rings. The van der Waals surface area contributed by atoms with Gasteiger partial charge in [0.1, 0.15) is 0 Å². The van der Waals surface area contributed by atoms with Gasteiger partial charge in [-0.2, -0.15) is 0 Å². The van der Waals surface area contributed by atoms with Gasteiger partial charge in [0, 0.05) is 17.3 Å². The second kappa shape index (κ2) is 6.75. The Morgan fingerprint density at radius 1 is 1.24 bits per heavy atom. The highest BCUT2D eigenvalue weighted by Crippen LogP contribution is 2.12. The van der Waals surface area contributed by atoms with Crippen LogP contribution in [0.1, 0.15) is 6.92 Å². The highest BCUT2D eigenvalue weighted by molar-refractivity contribution is 6.30. The van der Waals surface area contributed by atoms with Crippen molar-refractivity contribution in [3.05, 3.63) is 29.3 Å². The van der Waals surface area contributed by atoms with Crippen LogP contribution in [0.5, 0.6) is 0 Å². The normalized spacial score (nSPS) is 9.53. The molecule has 0 unspecified atom stereocenters. The van der Waals surface area contributed by atoms with Crippen molar-refractivity contribution in [1.82, 2.24) is 10.6 Å². The molecule has 0 atom stereocenters. The van der Waals surface area contributed by atoms with E-state index in [1.54, 1.807) is 31.2 Å². The monoisotopic (exact) mass is 255 g/mol. The quantitative estimate of drug-likeness (QED) is 0.765. The molecule has 92 valence electrons. The van der Waals surface area contributed by atoms with Gasteiger partial charge in [0.2, 0.25) is 5.91 Å². The Labute approximate surface area is 105 Å². The van der Waals surface area contributed by atoms with Crippen LogP contribution in [0.15, 0.2) is 24.3 Å². The van der Waals surface area contributed by atoms with Gasteiger partial charge in [-0.3, -0.25) is 10.1 Å². The first kappa shape index (κ1) is 13.3. The number of rotatable bonds is 4. The number of amides is 3. The maximum atomic E-state index is 11.3. The summed E-state index contributed by atoms with van der Waals surface area (Å²) in [5.74, 6) is -0.397. The van der Waals surface area contributed by atoms with E-state index in [0.717, 1.165) is 5.69 Å². The number of urea groups is 1. The zero-order valence-electron chi connectivity index (χ0n) is 9.42. The minimum atomic E-state index is -0.490. The predicted octanol–water partition coefficient (Wildman–Crippen LogP) is 1.60. The number of halogens is 1. The second-order valence-electron chi connectivity index (χ2n) is 3.27. The standard InChI is InChI=1S/C11H14ClN3O2/c1-2-13-11(17)15-10(16)7-14-9-5-3-8(12)4-6-9/h3-6,14H,2,7H2,1H3,(H2,13,15,16,17). The van der Waals surface area contributed by atoms with Crippen LogP contribution >= 0.6 is 11.6 Å². The molecule has 5 nitrogen and oxygen atoms in total. The molecule has 0 fully saturated rings. The molecular weight excluding hydrogens is 242 g/mol. The van der Waals surface area contributed by atoms with E-state index in [9.17, 15) is 9.59 Å².